The molecule has 0 aliphatic carbocycles. The minimum atomic E-state index is -0.454. The first-order chi connectivity index (χ1) is 14.9. The number of aromatic nitrogens is 3. The molecular formula is C23H25ClFN5O. The molecule has 1 N–H and O–H groups in total. The highest BCUT2D eigenvalue weighted by Crippen LogP contribution is 2.46. The predicted octanol–water partition coefficient (Wildman–Crippen LogP) is 4.77. The molecule has 1 spiro atoms. The van der Waals surface area contributed by atoms with E-state index < -0.39 is 5.82 Å². The Hall–Kier alpha value is -2.51. The van der Waals surface area contributed by atoms with Crippen molar-refractivity contribution >= 4 is 29.3 Å². The maximum Gasteiger partial charge on any atom is 0.180 e. The van der Waals surface area contributed by atoms with Gasteiger partial charge in [0, 0.05) is 48.6 Å². The van der Waals surface area contributed by atoms with E-state index in [9.17, 15) is 4.39 Å². The second-order valence-corrected chi connectivity index (χ2v) is 9.06. The van der Waals surface area contributed by atoms with Crippen molar-refractivity contribution in [3.63, 3.8) is 0 Å². The summed E-state index contributed by atoms with van der Waals surface area (Å²) in [4.78, 5) is 11.7. The predicted molar refractivity (Wildman–Crippen MR) is 120 cm³/mol. The molecular weight excluding hydrogens is 417 g/mol. The maximum absolute atomic E-state index is 14.8. The van der Waals surface area contributed by atoms with E-state index in [0.717, 1.165) is 37.4 Å². The Kier molecular flexibility index (Phi) is 4.98. The van der Waals surface area contributed by atoms with Gasteiger partial charge in [-0.3, -0.25) is 4.40 Å². The Morgan fingerprint density at radius 3 is 2.84 bits per heavy atom. The topological polar surface area (TPSA) is 66.5 Å². The average molecular weight is 442 g/mol. The van der Waals surface area contributed by atoms with Crippen LogP contribution in [0.15, 0.2) is 30.6 Å². The minimum Gasteiger partial charge on any atom is -0.377 e. The van der Waals surface area contributed by atoms with E-state index in [1.165, 1.54) is 0 Å². The first-order valence-electron chi connectivity index (χ1n) is 10.6. The fraction of sp³-hybridized carbons (Fsp3) is 0.435. The molecule has 2 aliphatic rings. The van der Waals surface area contributed by atoms with Gasteiger partial charge in [-0.25, -0.2) is 14.4 Å². The molecule has 6 nitrogen and oxygen atoms in total. The largest absolute Gasteiger partial charge is 0.377 e. The van der Waals surface area contributed by atoms with E-state index in [1.54, 1.807) is 30.6 Å². The molecule has 2 saturated heterocycles. The van der Waals surface area contributed by atoms with Gasteiger partial charge >= 0.3 is 0 Å². The van der Waals surface area contributed by atoms with E-state index in [4.69, 9.17) is 26.7 Å². The van der Waals surface area contributed by atoms with Crippen LogP contribution in [-0.2, 0) is 4.74 Å². The summed E-state index contributed by atoms with van der Waals surface area (Å²) in [5.41, 5.74) is 2.53. The summed E-state index contributed by atoms with van der Waals surface area (Å²) < 4.78 is 22.6. The molecule has 2 fully saturated rings. The van der Waals surface area contributed by atoms with Crippen molar-refractivity contribution < 1.29 is 9.13 Å². The van der Waals surface area contributed by atoms with Crippen LogP contribution in [0.3, 0.4) is 0 Å². The molecule has 3 aromatic rings. The lowest BCUT2D eigenvalue weighted by molar-refractivity contribution is 0.0973. The molecule has 1 aromatic carbocycles. The van der Waals surface area contributed by atoms with Crippen LogP contribution >= 0.6 is 11.6 Å². The van der Waals surface area contributed by atoms with E-state index in [2.05, 4.69) is 16.8 Å². The fourth-order valence-corrected chi connectivity index (χ4v) is 5.43. The highest BCUT2D eigenvalue weighted by atomic mass is 35.5. The van der Waals surface area contributed by atoms with Crippen molar-refractivity contribution in [2.75, 3.05) is 24.6 Å². The number of imidazole rings is 1. The molecule has 2 aliphatic heterocycles. The number of benzene rings is 1. The molecule has 0 radical (unpaired) electrons. The lowest BCUT2D eigenvalue weighted by Crippen LogP contribution is -2.45. The quantitative estimate of drug-likeness (QED) is 0.594. The summed E-state index contributed by atoms with van der Waals surface area (Å²) in [6.07, 6.45) is 7.10. The lowest BCUT2D eigenvalue weighted by Gasteiger charge is -2.41. The van der Waals surface area contributed by atoms with Gasteiger partial charge in [0.1, 0.15) is 0 Å². The Morgan fingerprint density at radius 1 is 1.32 bits per heavy atom. The Labute approximate surface area is 185 Å². The van der Waals surface area contributed by atoms with Crippen LogP contribution in [0, 0.1) is 29.5 Å². The van der Waals surface area contributed by atoms with E-state index in [-0.39, 0.29) is 22.5 Å². The van der Waals surface area contributed by atoms with Gasteiger partial charge < -0.3 is 15.0 Å². The summed E-state index contributed by atoms with van der Waals surface area (Å²) in [6.45, 7) is 6.30. The third-order valence-corrected chi connectivity index (χ3v) is 7.28. The molecule has 0 bridgehead atoms. The van der Waals surface area contributed by atoms with Gasteiger partial charge in [-0.1, -0.05) is 17.7 Å². The zero-order valence-corrected chi connectivity index (χ0v) is 18.4. The second-order valence-electron chi connectivity index (χ2n) is 8.65. The van der Waals surface area contributed by atoms with Crippen LogP contribution in [0.5, 0.6) is 0 Å². The van der Waals surface area contributed by atoms with Gasteiger partial charge in [-0.15, -0.1) is 0 Å². The number of fused-ring (bicyclic) bond motifs is 1. The number of hydrogen-bond donors (Lipinski definition) is 1. The van der Waals surface area contributed by atoms with Gasteiger partial charge in [0.05, 0.1) is 29.1 Å². The lowest BCUT2D eigenvalue weighted by atomic mass is 9.69. The number of hydrogen-bond acceptors (Lipinski definition) is 5. The first kappa shape index (κ1) is 20.4. The monoisotopic (exact) mass is 441 g/mol. The number of halogens is 2. The normalized spacial score (nSPS) is 23.0. The maximum atomic E-state index is 14.8. The number of aryl methyl sites for hydroxylation is 1. The molecule has 2 aromatic heterocycles. The number of nitrogens with one attached hydrogen (secondary N) is 1. The standard InChI is InChI=1S/C23H25ClFN5O/c1-14-20(16-4-3-5-18(24)19(16)25)30-11-8-27-21(30)22(28-14)29-9-6-23(7-10-29)13-31-15(2)17(23)12-26/h3-5,8,11-12,15,17,26H,6-7,9-10,13H2,1-2H3/t15-,17+/m0/s1. The first-order valence-corrected chi connectivity index (χ1v) is 11.0. The summed E-state index contributed by atoms with van der Waals surface area (Å²) in [5, 5.41) is 7.96. The number of piperidine rings is 1. The SMILES string of the molecule is Cc1nc(N2CCC3(CC2)CO[C@@H](C)[C@H]3C=N)c2nccn2c1-c1cccc(Cl)c1F. The van der Waals surface area contributed by atoms with Crippen LogP contribution in [0.2, 0.25) is 5.02 Å². The third kappa shape index (κ3) is 3.13. The van der Waals surface area contributed by atoms with Crippen molar-refractivity contribution in [1.82, 2.24) is 14.4 Å². The van der Waals surface area contributed by atoms with Crippen molar-refractivity contribution in [3.05, 3.63) is 47.1 Å². The molecule has 31 heavy (non-hydrogen) atoms. The fourth-order valence-electron chi connectivity index (χ4n) is 5.26. The Bertz CT molecular complexity index is 1150. The van der Waals surface area contributed by atoms with Gasteiger partial charge in [0.2, 0.25) is 0 Å². The molecule has 0 amide bonds. The molecule has 0 saturated carbocycles. The van der Waals surface area contributed by atoms with E-state index >= 15 is 0 Å². The number of anilines is 1. The van der Waals surface area contributed by atoms with Gasteiger partial charge in [0.15, 0.2) is 17.3 Å². The zero-order valence-electron chi connectivity index (χ0n) is 17.6. The summed E-state index contributed by atoms with van der Waals surface area (Å²) >= 11 is 6.03. The number of ether oxygens (including phenoxy) is 1. The summed E-state index contributed by atoms with van der Waals surface area (Å²) in [7, 11) is 0. The van der Waals surface area contributed by atoms with Gasteiger partial charge in [-0.05, 0) is 38.8 Å². The summed E-state index contributed by atoms with van der Waals surface area (Å²) in [6, 6.07) is 5.00. The zero-order chi connectivity index (χ0) is 21.8. The molecule has 8 heteroatoms. The average Bonchev–Trinajstić information content (AvgIpc) is 3.36. The highest BCUT2D eigenvalue weighted by Gasteiger charge is 2.48. The Balaban J connectivity index is 1.51. The van der Waals surface area contributed by atoms with Crippen LogP contribution in [0.1, 0.15) is 25.5 Å². The highest BCUT2D eigenvalue weighted by molar-refractivity contribution is 6.31. The number of nitrogens with zero attached hydrogens (tertiary/aromatic N) is 4. The van der Waals surface area contributed by atoms with Gasteiger partial charge in [-0.2, -0.15) is 0 Å². The second kappa shape index (κ2) is 7.57. The van der Waals surface area contributed by atoms with Crippen molar-refractivity contribution in [3.8, 4) is 11.3 Å². The number of rotatable bonds is 3. The van der Waals surface area contributed by atoms with Crippen LogP contribution in [0.25, 0.3) is 16.9 Å². The molecule has 162 valence electrons. The van der Waals surface area contributed by atoms with E-state index in [1.807, 2.05) is 17.5 Å². The van der Waals surface area contributed by atoms with Crippen LogP contribution < -0.4 is 4.90 Å². The van der Waals surface area contributed by atoms with Gasteiger partial charge in [0.25, 0.3) is 0 Å². The molecule has 0 unspecified atom stereocenters. The van der Waals surface area contributed by atoms with Crippen molar-refractivity contribution in [1.29, 1.82) is 5.41 Å². The smallest absolute Gasteiger partial charge is 0.180 e. The molecule has 5 rings (SSSR count). The minimum absolute atomic E-state index is 0.0300. The summed E-state index contributed by atoms with van der Waals surface area (Å²) in [5.74, 6) is 0.510. The van der Waals surface area contributed by atoms with Crippen molar-refractivity contribution in [2.45, 2.75) is 32.8 Å². The Morgan fingerprint density at radius 2 is 2.10 bits per heavy atom. The van der Waals surface area contributed by atoms with Crippen molar-refractivity contribution in [2.24, 2.45) is 11.3 Å². The molecule has 4 heterocycles. The van der Waals surface area contributed by atoms with E-state index in [0.29, 0.717) is 23.5 Å². The third-order valence-electron chi connectivity index (χ3n) is 6.99. The molecule has 2 atom stereocenters. The van der Waals surface area contributed by atoms with Crippen LogP contribution in [-0.4, -0.2) is 46.4 Å². The van der Waals surface area contributed by atoms with Crippen LogP contribution in [0.4, 0.5) is 10.2 Å².